The number of benzene rings is 1. The van der Waals surface area contributed by atoms with Crippen LogP contribution in [-0.2, 0) is 23.0 Å². The number of halogens is 1. The lowest BCUT2D eigenvalue weighted by Gasteiger charge is -2.43. The Morgan fingerprint density at radius 1 is 1.18 bits per heavy atom. The third kappa shape index (κ3) is 5.51. The molecule has 3 atom stereocenters. The fourth-order valence-electron chi connectivity index (χ4n) is 7.43. The third-order valence-electron chi connectivity index (χ3n) is 9.73. The first-order valence-electron chi connectivity index (χ1n) is 15.8. The Kier molecular flexibility index (Phi) is 8.03. The Hall–Kier alpha value is -3.71. The first kappa shape index (κ1) is 30.3. The number of carbonyl (C=O) groups excluding carboxylic acids is 1. The van der Waals surface area contributed by atoms with Crippen LogP contribution in [0.25, 0.3) is 5.57 Å². The van der Waals surface area contributed by atoms with Gasteiger partial charge in [0.2, 0.25) is 0 Å². The van der Waals surface area contributed by atoms with E-state index in [0.29, 0.717) is 63.1 Å². The summed E-state index contributed by atoms with van der Waals surface area (Å²) in [6.45, 7) is 10.3. The molecule has 10 heteroatoms. The largest absolute Gasteiger partial charge is 0.462 e. The fraction of sp³-hybridized carbons (Fsp3) is 0.588. The van der Waals surface area contributed by atoms with Crippen molar-refractivity contribution in [3.05, 3.63) is 52.5 Å². The summed E-state index contributed by atoms with van der Waals surface area (Å²) in [5.74, 6) is 0.693. The van der Waals surface area contributed by atoms with Gasteiger partial charge in [-0.2, -0.15) is 15.2 Å². The Morgan fingerprint density at radius 3 is 2.70 bits per heavy atom. The molecule has 2 saturated heterocycles. The topological polar surface area (TPSA) is 94.8 Å². The molecule has 44 heavy (non-hydrogen) atoms. The molecule has 0 unspecified atom stereocenters. The molecule has 6 rings (SSSR count). The molecule has 1 aromatic heterocycles. The summed E-state index contributed by atoms with van der Waals surface area (Å²) < 4.78 is 28.1. The van der Waals surface area contributed by atoms with E-state index in [-0.39, 0.29) is 18.3 Å². The highest BCUT2D eigenvalue weighted by molar-refractivity contribution is 5.78. The van der Waals surface area contributed by atoms with Gasteiger partial charge in [0.1, 0.15) is 23.9 Å². The zero-order valence-corrected chi connectivity index (χ0v) is 26.5. The van der Waals surface area contributed by atoms with E-state index in [9.17, 15) is 10.1 Å². The Labute approximate surface area is 259 Å². The van der Waals surface area contributed by atoms with Gasteiger partial charge >= 0.3 is 12.1 Å². The van der Waals surface area contributed by atoms with Crippen molar-refractivity contribution < 1.29 is 18.7 Å². The van der Waals surface area contributed by atoms with Gasteiger partial charge in [-0.25, -0.2) is 9.18 Å². The van der Waals surface area contributed by atoms with Crippen LogP contribution >= 0.6 is 0 Å². The van der Waals surface area contributed by atoms with E-state index in [1.54, 1.807) is 4.90 Å². The van der Waals surface area contributed by atoms with Crippen LogP contribution in [0, 0.1) is 11.3 Å². The lowest BCUT2D eigenvalue weighted by atomic mass is 9.69. The third-order valence-corrected chi connectivity index (χ3v) is 9.73. The number of carbonyl (C=O) groups is 1. The summed E-state index contributed by atoms with van der Waals surface area (Å²) in [5, 5.41) is 9.65. The Morgan fingerprint density at radius 2 is 1.98 bits per heavy atom. The van der Waals surface area contributed by atoms with Gasteiger partial charge in [0.05, 0.1) is 29.6 Å². The summed E-state index contributed by atoms with van der Waals surface area (Å²) in [6.07, 6.45) is 3.62. The molecule has 234 valence electrons. The Balaban J connectivity index is 1.34. The molecular formula is C34H43FN6O3. The zero-order valence-electron chi connectivity index (χ0n) is 26.5. The normalized spacial score (nSPS) is 25.2. The smallest absolute Gasteiger partial charge is 0.410 e. The molecular weight excluding hydrogens is 559 g/mol. The van der Waals surface area contributed by atoms with Gasteiger partial charge in [-0.3, -0.25) is 0 Å². The molecule has 2 aromatic rings. The SMILES string of the molecule is CC1=C(F)[C@@]2(CCc3c(nc(OC[C@@H]4CCCN4C)nc3N3CCN(C(=O)OC(C)(C)C)[C@@H](CC#N)C3)C2)c2ccccc21. The monoisotopic (exact) mass is 602 g/mol. The van der Waals surface area contributed by atoms with Crippen molar-refractivity contribution in [3.63, 3.8) is 0 Å². The summed E-state index contributed by atoms with van der Waals surface area (Å²) in [6, 6.07) is 10.5. The maximum Gasteiger partial charge on any atom is 0.410 e. The number of nitrogens with zero attached hydrogens (tertiary/aromatic N) is 6. The maximum absolute atomic E-state index is 16.2. The number of rotatable bonds is 5. The van der Waals surface area contributed by atoms with Gasteiger partial charge in [-0.1, -0.05) is 24.3 Å². The first-order chi connectivity index (χ1) is 21.0. The minimum atomic E-state index is -0.749. The maximum atomic E-state index is 16.2. The number of ether oxygens (including phenoxy) is 2. The highest BCUT2D eigenvalue weighted by Gasteiger charge is 2.48. The van der Waals surface area contributed by atoms with E-state index in [1.807, 2.05) is 52.0 Å². The number of piperazine rings is 1. The van der Waals surface area contributed by atoms with Crippen molar-refractivity contribution in [3.8, 4) is 12.1 Å². The zero-order chi connectivity index (χ0) is 31.2. The highest BCUT2D eigenvalue weighted by Crippen LogP contribution is 2.54. The van der Waals surface area contributed by atoms with Crippen LogP contribution in [0.4, 0.5) is 15.0 Å². The van der Waals surface area contributed by atoms with E-state index in [0.717, 1.165) is 47.6 Å². The predicted molar refractivity (Wildman–Crippen MR) is 166 cm³/mol. The van der Waals surface area contributed by atoms with Gasteiger partial charge in [0.15, 0.2) is 0 Å². The van der Waals surface area contributed by atoms with E-state index >= 15 is 4.39 Å². The molecule has 0 saturated carbocycles. The van der Waals surface area contributed by atoms with Crippen LogP contribution in [0.5, 0.6) is 6.01 Å². The van der Waals surface area contributed by atoms with Crippen LogP contribution < -0.4 is 9.64 Å². The van der Waals surface area contributed by atoms with Crippen molar-refractivity contribution in [2.45, 2.75) is 89.3 Å². The van der Waals surface area contributed by atoms with Crippen LogP contribution in [-0.4, -0.2) is 83.4 Å². The van der Waals surface area contributed by atoms with E-state index in [2.05, 4.69) is 22.9 Å². The molecule has 1 amide bonds. The average molecular weight is 603 g/mol. The van der Waals surface area contributed by atoms with Gasteiger partial charge in [-0.15, -0.1) is 0 Å². The van der Waals surface area contributed by atoms with Gasteiger partial charge < -0.3 is 24.2 Å². The highest BCUT2D eigenvalue weighted by atomic mass is 19.1. The Bertz CT molecular complexity index is 1510. The number of likely N-dealkylation sites (tertiary alicyclic amines) is 1. The molecule has 0 radical (unpaired) electrons. The van der Waals surface area contributed by atoms with Gasteiger partial charge in [-0.05, 0) is 83.7 Å². The van der Waals surface area contributed by atoms with Crippen molar-refractivity contribution >= 4 is 17.5 Å². The summed E-state index contributed by atoms with van der Waals surface area (Å²) in [5.41, 5.74) is 3.13. The summed E-state index contributed by atoms with van der Waals surface area (Å²) in [4.78, 5) is 29.1. The number of hydrogen-bond acceptors (Lipinski definition) is 8. The summed E-state index contributed by atoms with van der Waals surface area (Å²) in [7, 11) is 2.11. The molecule has 3 heterocycles. The molecule has 2 aliphatic carbocycles. The quantitative estimate of drug-likeness (QED) is 0.447. The first-order valence-corrected chi connectivity index (χ1v) is 15.8. The lowest BCUT2D eigenvalue weighted by Crippen LogP contribution is -2.56. The molecule has 4 aliphatic rings. The number of nitriles is 1. The van der Waals surface area contributed by atoms with Crippen molar-refractivity contribution in [2.75, 3.05) is 44.7 Å². The fourth-order valence-corrected chi connectivity index (χ4v) is 7.43. The average Bonchev–Trinajstić information content (AvgIpc) is 3.49. The van der Waals surface area contributed by atoms with Crippen molar-refractivity contribution in [1.29, 1.82) is 5.26 Å². The number of amides is 1. The second-order valence-corrected chi connectivity index (χ2v) is 13.7. The number of hydrogen-bond donors (Lipinski definition) is 0. The number of fused-ring (bicyclic) bond motifs is 3. The molecule has 1 aromatic carbocycles. The van der Waals surface area contributed by atoms with Gasteiger partial charge in [0, 0.05) is 37.7 Å². The molecule has 0 N–H and O–H groups in total. The molecule has 0 bridgehead atoms. The standard InChI is InChI=1S/C34H43FN6O3/c1-22-25-10-6-7-11-27(25)34(29(22)35)14-12-26-28(19-34)37-31(43-21-24-9-8-16-39(24)5)38-30(26)40-17-18-41(23(20-40)13-15-36)32(42)44-33(2,3)4/h6-7,10-11,23-24H,8-9,12-14,16-21H2,1-5H3/t23-,24-,34+/m0/s1. The predicted octanol–water partition coefficient (Wildman–Crippen LogP) is 5.43. The molecule has 2 fully saturated rings. The lowest BCUT2D eigenvalue weighted by molar-refractivity contribution is 0.0144. The van der Waals surface area contributed by atoms with Crippen LogP contribution in [0.2, 0.25) is 0 Å². The second kappa shape index (κ2) is 11.7. The van der Waals surface area contributed by atoms with Crippen LogP contribution in [0.15, 0.2) is 30.1 Å². The van der Waals surface area contributed by atoms with Crippen LogP contribution in [0.1, 0.15) is 75.8 Å². The second-order valence-electron chi connectivity index (χ2n) is 13.7. The summed E-state index contributed by atoms with van der Waals surface area (Å²) >= 11 is 0. The van der Waals surface area contributed by atoms with Gasteiger partial charge in [0.25, 0.3) is 0 Å². The number of likely N-dealkylation sites (N-methyl/N-ethyl adjacent to an activating group) is 1. The minimum Gasteiger partial charge on any atom is -0.462 e. The number of allylic oxidation sites excluding steroid dienone is 2. The van der Waals surface area contributed by atoms with E-state index in [1.165, 1.54) is 0 Å². The molecule has 2 aliphatic heterocycles. The minimum absolute atomic E-state index is 0.0698. The van der Waals surface area contributed by atoms with E-state index < -0.39 is 17.1 Å². The molecule has 9 nitrogen and oxygen atoms in total. The number of anilines is 1. The van der Waals surface area contributed by atoms with Crippen molar-refractivity contribution in [1.82, 2.24) is 19.8 Å². The van der Waals surface area contributed by atoms with Crippen LogP contribution in [0.3, 0.4) is 0 Å². The van der Waals surface area contributed by atoms with Crippen molar-refractivity contribution in [2.24, 2.45) is 0 Å². The molecule has 1 spiro atoms. The van der Waals surface area contributed by atoms with E-state index in [4.69, 9.17) is 19.4 Å². The number of aromatic nitrogens is 2.